The van der Waals surface area contributed by atoms with E-state index in [1.54, 1.807) is 0 Å². The van der Waals surface area contributed by atoms with Gasteiger partial charge in [-0.05, 0) is 37.6 Å². The largest absolute Gasteiger partial charge is 0.481 e. The van der Waals surface area contributed by atoms with Gasteiger partial charge in [-0.3, -0.25) is 10.2 Å². The number of carboxylic acid groups (broad SMARTS) is 1. The molecule has 0 radical (unpaired) electrons. The van der Waals surface area contributed by atoms with Gasteiger partial charge in [-0.1, -0.05) is 163 Å². The highest BCUT2D eigenvalue weighted by Crippen LogP contribution is 2.26. The number of carboxylic acids is 1. The smallest absolute Gasteiger partial charge is 0.303 e. The number of hydrogen-bond donors (Lipinski definition) is 2. The molecule has 0 spiro atoms. The van der Waals surface area contributed by atoms with Crippen LogP contribution in [0.5, 0.6) is 0 Å². The van der Waals surface area contributed by atoms with Crippen LogP contribution < -0.4 is 15.7 Å². The maximum atomic E-state index is 10.3. The number of hydrazine groups is 2. The zero-order chi connectivity index (χ0) is 31.2. The molecule has 0 saturated carbocycles. The molecule has 1 aliphatic rings. The van der Waals surface area contributed by atoms with Gasteiger partial charge in [0, 0.05) is 12.0 Å². The number of rotatable bonds is 19. The minimum absolute atomic E-state index is 0.345. The topological polar surface area (TPSA) is 68.2 Å². The van der Waals surface area contributed by atoms with Gasteiger partial charge in [-0.2, -0.15) is 10.2 Å². The minimum atomic E-state index is -0.653. The summed E-state index contributed by atoms with van der Waals surface area (Å²) in [4.78, 5) is 10.3. The number of nitrogens with zero attached hydrogens (tertiary/aromatic N) is 3. The van der Waals surface area contributed by atoms with E-state index in [9.17, 15) is 4.79 Å². The Labute approximate surface area is 266 Å². The van der Waals surface area contributed by atoms with Gasteiger partial charge in [-0.15, -0.1) is 5.10 Å². The molecule has 0 aliphatic carbocycles. The monoisotopic (exact) mass is 598 g/mol. The highest BCUT2D eigenvalue weighted by Gasteiger charge is 2.26. The van der Waals surface area contributed by atoms with Crippen LogP contribution in [0.1, 0.15) is 121 Å². The summed E-state index contributed by atoms with van der Waals surface area (Å²) >= 11 is 0. The first-order valence-electron chi connectivity index (χ1n) is 16.9. The Morgan fingerprint density at radius 3 is 1.61 bits per heavy atom. The van der Waals surface area contributed by atoms with Gasteiger partial charge in [-0.25, -0.2) is 0 Å². The van der Waals surface area contributed by atoms with E-state index in [0.717, 1.165) is 35.6 Å². The van der Waals surface area contributed by atoms with E-state index in [0.29, 0.717) is 6.42 Å². The van der Waals surface area contributed by atoms with Gasteiger partial charge >= 0.3 is 5.97 Å². The number of benzene rings is 3. The Hall–Kier alpha value is -3.80. The number of unbranched alkanes of at least 4 members (excludes halogenated alkanes) is 14. The van der Waals surface area contributed by atoms with Crippen molar-refractivity contribution in [1.82, 2.24) is 5.43 Å². The second kappa shape index (κ2) is 21.0. The lowest BCUT2D eigenvalue weighted by Gasteiger charge is -2.28. The minimum Gasteiger partial charge on any atom is -0.481 e. The normalized spacial score (nSPS) is 12.4. The fourth-order valence-electron chi connectivity index (χ4n) is 5.27. The van der Waals surface area contributed by atoms with Crippen LogP contribution in [0, 0.1) is 6.92 Å². The van der Waals surface area contributed by atoms with Gasteiger partial charge in [0.2, 0.25) is 0 Å². The van der Waals surface area contributed by atoms with Crippen molar-refractivity contribution < 1.29 is 9.90 Å². The molecule has 238 valence electrons. The fourth-order valence-corrected chi connectivity index (χ4v) is 5.27. The summed E-state index contributed by atoms with van der Waals surface area (Å²) in [5.41, 5.74) is 7.70. The zero-order valence-corrected chi connectivity index (χ0v) is 27.1. The summed E-state index contributed by atoms with van der Waals surface area (Å²) in [5, 5.41) is 17.1. The second-order valence-electron chi connectivity index (χ2n) is 11.8. The molecule has 0 aromatic heterocycles. The molecule has 1 aliphatic heterocycles. The lowest BCUT2D eigenvalue weighted by Crippen LogP contribution is -2.44. The maximum Gasteiger partial charge on any atom is 0.303 e. The molecule has 6 nitrogen and oxygen atoms in total. The average Bonchev–Trinajstić information content (AvgIpc) is 3.50. The highest BCUT2D eigenvalue weighted by molar-refractivity contribution is 6.02. The molecule has 6 heteroatoms. The number of anilines is 2. The predicted octanol–water partition coefficient (Wildman–Crippen LogP) is 10.4. The van der Waals surface area contributed by atoms with Crippen LogP contribution in [0.15, 0.2) is 90.0 Å². The third-order valence-electron chi connectivity index (χ3n) is 7.90. The van der Waals surface area contributed by atoms with Crippen molar-refractivity contribution in [3.8, 4) is 0 Å². The fraction of sp³-hybridized carbons (Fsp3) is 0.474. The first-order valence-corrected chi connectivity index (χ1v) is 16.9. The van der Waals surface area contributed by atoms with Gasteiger partial charge in [0.05, 0.1) is 11.4 Å². The summed E-state index contributed by atoms with van der Waals surface area (Å²) in [6.07, 6.45) is 20.2. The molecular weight excluding hydrogens is 544 g/mol. The zero-order valence-electron chi connectivity index (χ0n) is 27.1. The quantitative estimate of drug-likeness (QED) is 0.134. The number of carbonyl (C=O) groups is 1. The van der Waals surface area contributed by atoms with E-state index in [1.807, 2.05) is 70.9 Å². The van der Waals surface area contributed by atoms with Crippen LogP contribution in [0.3, 0.4) is 0 Å². The van der Waals surface area contributed by atoms with E-state index >= 15 is 0 Å². The van der Waals surface area contributed by atoms with Crippen LogP contribution >= 0.6 is 0 Å². The molecule has 3 aromatic rings. The van der Waals surface area contributed by atoms with Crippen LogP contribution in [-0.2, 0) is 4.79 Å². The number of aliphatic carboxylic acids is 1. The molecule has 0 bridgehead atoms. The number of hydrogen-bond acceptors (Lipinski definition) is 5. The first-order chi connectivity index (χ1) is 21.6. The number of aryl methyl sites for hydroxylation is 1. The van der Waals surface area contributed by atoms with Crippen molar-refractivity contribution in [2.24, 2.45) is 5.10 Å². The van der Waals surface area contributed by atoms with Crippen molar-refractivity contribution in [2.75, 3.05) is 10.2 Å². The van der Waals surface area contributed by atoms with Crippen LogP contribution in [0.25, 0.3) is 0 Å². The first kappa shape index (κ1) is 34.7. The summed E-state index contributed by atoms with van der Waals surface area (Å²) in [6.45, 7) is 4.36. The highest BCUT2D eigenvalue weighted by atomic mass is 16.4. The predicted molar refractivity (Wildman–Crippen MR) is 186 cm³/mol. The molecule has 0 saturated heterocycles. The van der Waals surface area contributed by atoms with E-state index in [2.05, 4.69) is 43.5 Å². The lowest BCUT2D eigenvalue weighted by atomic mass is 10.0. The molecule has 0 unspecified atom stereocenters. The van der Waals surface area contributed by atoms with Gasteiger partial charge in [0.1, 0.15) is 0 Å². The summed E-state index contributed by atoms with van der Waals surface area (Å²) in [5.74, 6) is 0.166. The number of nitrogens with one attached hydrogen (secondary N) is 1. The molecule has 1 heterocycles. The van der Waals surface area contributed by atoms with Crippen molar-refractivity contribution in [3.63, 3.8) is 0 Å². The number of para-hydroxylation sites is 1. The van der Waals surface area contributed by atoms with Gasteiger partial charge in [0.25, 0.3) is 0 Å². The van der Waals surface area contributed by atoms with E-state index in [4.69, 9.17) is 10.2 Å². The number of amidine groups is 1. The van der Waals surface area contributed by atoms with Crippen LogP contribution in [-0.4, -0.2) is 16.9 Å². The van der Waals surface area contributed by atoms with Crippen molar-refractivity contribution in [2.45, 2.75) is 117 Å². The van der Waals surface area contributed by atoms with Crippen molar-refractivity contribution in [1.29, 1.82) is 0 Å². The van der Waals surface area contributed by atoms with Crippen LogP contribution in [0.4, 0.5) is 11.4 Å². The SMILES string of the molecule is CCCCCCCCCCCCCCCCCC(=O)O.Cc1ccc(N2NC(c3ccccc3)=NN2c2ccccc2)cc1. The number of hydrazone groups is 1. The van der Waals surface area contributed by atoms with Crippen molar-refractivity contribution >= 4 is 23.2 Å². The molecule has 4 rings (SSSR count). The maximum absolute atomic E-state index is 10.3. The van der Waals surface area contributed by atoms with E-state index in [-0.39, 0.29) is 0 Å². The molecular formula is C38H54N4O2. The summed E-state index contributed by atoms with van der Waals surface area (Å²) in [7, 11) is 0. The lowest BCUT2D eigenvalue weighted by molar-refractivity contribution is -0.137. The Balaban J connectivity index is 0.000000246. The van der Waals surface area contributed by atoms with Crippen LogP contribution in [0.2, 0.25) is 0 Å². The molecule has 2 N–H and O–H groups in total. The Morgan fingerprint density at radius 1 is 0.636 bits per heavy atom. The Kier molecular flexibility index (Phi) is 16.5. The Bertz CT molecular complexity index is 1200. The third kappa shape index (κ3) is 13.2. The van der Waals surface area contributed by atoms with E-state index in [1.165, 1.54) is 89.0 Å². The average molecular weight is 599 g/mol. The third-order valence-corrected chi connectivity index (χ3v) is 7.90. The Morgan fingerprint density at radius 2 is 1.11 bits per heavy atom. The molecule has 0 atom stereocenters. The standard InChI is InChI=1S/C20H18N4.C18H36O2/c1-16-12-14-19(15-13-16)24-22-20(17-8-4-2-5-9-17)21-23(24)18-10-6-3-7-11-18;1-2-3-4-5-6-7-8-9-10-11-12-13-14-15-16-17-18(19)20/h2-15H,1H3,(H,21,22);2-17H2,1H3,(H,19,20). The van der Waals surface area contributed by atoms with Gasteiger partial charge < -0.3 is 5.11 Å². The van der Waals surface area contributed by atoms with E-state index < -0.39 is 5.97 Å². The van der Waals surface area contributed by atoms with Gasteiger partial charge in [0.15, 0.2) is 5.84 Å². The molecule has 3 aromatic carbocycles. The molecule has 44 heavy (non-hydrogen) atoms. The second-order valence-corrected chi connectivity index (χ2v) is 11.8. The summed E-state index contributed by atoms with van der Waals surface area (Å²) in [6, 6.07) is 28.6. The molecule has 0 fully saturated rings. The van der Waals surface area contributed by atoms with Crippen molar-refractivity contribution in [3.05, 3.63) is 96.1 Å². The summed E-state index contributed by atoms with van der Waals surface area (Å²) < 4.78 is 0. The molecule has 0 amide bonds.